The van der Waals surface area contributed by atoms with E-state index in [1.807, 2.05) is 18.2 Å². The number of benzene rings is 1. The predicted molar refractivity (Wildman–Crippen MR) is 63.7 cm³/mol. The number of aromatic nitrogens is 3. The number of carboxylic acids is 1. The third-order valence-electron chi connectivity index (χ3n) is 2.43. The highest BCUT2D eigenvalue weighted by atomic mass is 32.2. The molecule has 0 fully saturated rings. The fraction of sp³-hybridized carbons (Fsp3) is 0.182. The average Bonchev–Trinajstić information content (AvgIpc) is 2.82. The van der Waals surface area contributed by atoms with E-state index in [4.69, 9.17) is 0 Å². The highest BCUT2D eigenvalue weighted by Gasteiger charge is 2.37. The van der Waals surface area contributed by atoms with Crippen molar-refractivity contribution in [3.63, 3.8) is 0 Å². The molecule has 1 atom stereocenters. The molecule has 0 aliphatic rings. The number of carbonyl (C=O) groups is 1. The second-order valence-electron chi connectivity index (χ2n) is 3.60. The zero-order chi connectivity index (χ0) is 12.3. The Labute approximate surface area is 102 Å². The molecule has 0 amide bonds. The fourth-order valence-electron chi connectivity index (χ4n) is 1.42. The highest BCUT2D eigenvalue weighted by Crippen LogP contribution is 2.39. The monoisotopic (exact) mass is 249 g/mol. The van der Waals surface area contributed by atoms with Crippen LogP contribution in [0.15, 0.2) is 41.8 Å². The minimum atomic E-state index is -1.08. The van der Waals surface area contributed by atoms with Gasteiger partial charge in [0, 0.05) is 0 Å². The summed E-state index contributed by atoms with van der Waals surface area (Å²) in [6.07, 6.45) is 1.36. The maximum atomic E-state index is 11.5. The number of H-pyrrole nitrogens is 1. The fourth-order valence-corrected chi connectivity index (χ4v) is 2.35. The summed E-state index contributed by atoms with van der Waals surface area (Å²) in [4.78, 5) is 15.4. The smallest absolute Gasteiger partial charge is 0.324 e. The summed E-state index contributed by atoms with van der Waals surface area (Å²) in [6.45, 7) is 1.65. The highest BCUT2D eigenvalue weighted by molar-refractivity contribution is 8.00. The first kappa shape index (κ1) is 11.7. The molecule has 0 bridgehead atoms. The molecule has 6 heteroatoms. The molecule has 1 heterocycles. The number of hydrogen-bond acceptors (Lipinski definition) is 4. The van der Waals surface area contributed by atoms with Crippen LogP contribution in [0.5, 0.6) is 0 Å². The Balaban J connectivity index is 2.37. The maximum absolute atomic E-state index is 11.5. The van der Waals surface area contributed by atoms with Crippen molar-refractivity contribution in [2.24, 2.45) is 0 Å². The van der Waals surface area contributed by atoms with Gasteiger partial charge < -0.3 is 5.11 Å². The van der Waals surface area contributed by atoms with Gasteiger partial charge in [0.05, 0.1) is 0 Å². The van der Waals surface area contributed by atoms with Crippen molar-refractivity contribution in [2.45, 2.75) is 16.8 Å². The molecule has 5 nitrogen and oxygen atoms in total. The van der Waals surface area contributed by atoms with Gasteiger partial charge in [-0.15, -0.1) is 0 Å². The lowest BCUT2D eigenvalue weighted by Crippen LogP contribution is -2.28. The molecule has 2 N–H and O–H groups in total. The molecule has 0 spiro atoms. The van der Waals surface area contributed by atoms with Gasteiger partial charge in [-0.3, -0.25) is 9.89 Å². The van der Waals surface area contributed by atoms with E-state index in [2.05, 4.69) is 15.2 Å². The van der Waals surface area contributed by atoms with Gasteiger partial charge in [-0.25, -0.2) is 4.98 Å². The quantitative estimate of drug-likeness (QED) is 0.809. The molecule has 1 unspecified atom stereocenters. The van der Waals surface area contributed by atoms with Gasteiger partial charge in [0.2, 0.25) is 0 Å². The number of hydrogen-bond donors (Lipinski definition) is 2. The minimum Gasteiger partial charge on any atom is -0.480 e. The second kappa shape index (κ2) is 4.58. The van der Waals surface area contributed by atoms with E-state index in [1.165, 1.54) is 6.33 Å². The average molecular weight is 249 g/mol. The van der Waals surface area contributed by atoms with E-state index < -0.39 is 10.7 Å². The lowest BCUT2D eigenvalue weighted by atomic mass is 10.0. The summed E-state index contributed by atoms with van der Waals surface area (Å²) in [6, 6.07) is 9.06. The summed E-state index contributed by atoms with van der Waals surface area (Å²) >= 11 is 1.13. The van der Waals surface area contributed by atoms with E-state index in [9.17, 15) is 9.90 Å². The van der Waals surface area contributed by atoms with E-state index in [0.29, 0.717) is 10.7 Å². The number of nitrogens with zero attached hydrogens (tertiary/aromatic N) is 2. The number of aromatic amines is 1. The Morgan fingerprint density at radius 1 is 1.41 bits per heavy atom. The molecule has 17 heavy (non-hydrogen) atoms. The number of aliphatic carboxylic acids is 1. The third-order valence-corrected chi connectivity index (χ3v) is 3.64. The summed E-state index contributed by atoms with van der Waals surface area (Å²) in [7, 11) is 0. The van der Waals surface area contributed by atoms with Crippen LogP contribution in [0, 0.1) is 0 Å². The van der Waals surface area contributed by atoms with Crippen molar-refractivity contribution < 1.29 is 9.90 Å². The minimum absolute atomic E-state index is 0.485. The van der Waals surface area contributed by atoms with Gasteiger partial charge in [0.15, 0.2) is 5.16 Å². The molecule has 0 aliphatic carbocycles. The second-order valence-corrected chi connectivity index (χ2v) is 5.00. The van der Waals surface area contributed by atoms with Crippen molar-refractivity contribution in [1.29, 1.82) is 0 Å². The maximum Gasteiger partial charge on any atom is 0.324 e. The van der Waals surface area contributed by atoms with E-state index in [1.54, 1.807) is 19.1 Å². The van der Waals surface area contributed by atoms with Crippen LogP contribution in [-0.4, -0.2) is 26.3 Å². The van der Waals surface area contributed by atoms with E-state index in [-0.39, 0.29) is 0 Å². The van der Waals surface area contributed by atoms with Gasteiger partial charge in [0.25, 0.3) is 0 Å². The van der Waals surface area contributed by atoms with Gasteiger partial charge in [0.1, 0.15) is 11.1 Å². The topological polar surface area (TPSA) is 78.9 Å². The molecule has 1 aromatic carbocycles. The molecule has 0 saturated heterocycles. The van der Waals surface area contributed by atoms with Crippen molar-refractivity contribution >= 4 is 17.7 Å². The SMILES string of the molecule is CC(Sc1ncn[nH]1)(C(=O)O)c1ccccc1. The molecule has 0 saturated carbocycles. The number of nitrogens with one attached hydrogen (secondary N) is 1. The Kier molecular flexibility index (Phi) is 3.14. The zero-order valence-electron chi connectivity index (χ0n) is 9.12. The molecule has 2 aromatic rings. The van der Waals surface area contributed by atoms with Crippen LogP contribution in [0.25, 0.3) is 0 Å². The third kappa shape index (κ3) is 2.31. The van der Waals surface area contributed by atoms with Crippen LogP contribution < -0.4 is 0 Å². The van der Waals surface area contributed by atoms with Crippen LogP contribution in [0.1, 0.15) is 12.5 Å². The largest absolute Gasteiger partial charge is 0.480 e. The first-order valence-corrected chi connectivity index (χ1v) is 5.78. The standard InChI is InChI=1S/C11H11N3O2S/c1-11(9(15)16,8-5-3-2-4-6-8)17-10-12-7-13-14-10/h2-7H,1H3,(H,15,16)(H,12,13,14). The molecule has 1 aromatic heterocycles. The molecular weight excluding hydrogens is 238 g/mol. The lowest BCUT2D eigenvalue weighted by Gasteiger charge is -2.23. The molecule has 2 rings (SSSR count). The zero-order valence-corrected chi connectivity index (χ0v) is 9.94. The molecule has 88 valence electrons. The van der Waals surface area contributed by atoms with Gasteiger partial charge in [-0.2, -0.15) is 5.10 Å². The predicted octanol–water partition coefficient (Wildman–Crippen LogP) is 1.90. The first-order valence-electron chi connectivity index (χ1n) is 4.96. The summed E-state index contributed by atoms with van der Waals surface area (Å²) in [5.41, 5.74) is 0.717. The van der Waals surface area contributed by atoms with E-state index in [0.717, 1.165) is 11.8 Å². The summed E-state index contributed by atoms with van der Waals surface area (Å²) < 4.78 is -1.08. The normalized spacial score (nSPS) is 14.2. The van der Waals surface area contributed by atoms with Crippen LogP contribution in [-0.2, 0) is 9.54 Å². The summed E-state index contributed by atoms with van der Waals surface area (Å²) in [5, 5.41) is 16.3. The summed E-state index contributed by atoms with van der Waals surface area (Å²) in [5.74, 6) is -0.912. The Morgan fingerprint density at radius 3 is 2.65 bits per heavy atom. The van der Waals surface area contributed by atoms with Crippen LogP contribution >= 0.6 is 11.8 Å². The first-order chi connectivity index (χ1) is 8.13. The van der Waals surface area contributed by atoms with Crippen molar-refractivity contribution in [3.05, 3.63) is 42.2 Å². The Morgan fingerprint density at radius 2 is 2.12 bits per heavy atom. The van der Waals surface area contributed by atoms with Gasteiger partial charge in [-0.05, 0) is 12.5 Å². The van der Waals surface area contributed by atoms with Crippen LogP contribution in [0.2, 0.25) is 0 Å². The van der Waals surface area contributed by atoms with Crippen molar-refractivity contribution in [2.75, 3.05) is 0 Å². The number of thioether (sulfide) groups is 1. The van der Waals surface area contributed by atoms with Crippen molar-refractivity contribution in [1.82, 2.24) is 15.2 Å². The Bertz CT molecular complexity index is 501. The van der Waals surface area contributed by atoms with Crippen LogP contribution in [0.3, 0.4) is 0 Å². The van der Waals surface area contributed by atoms with E-state index >= 15 is 0 Å². The molecule has 0 aliphatic heterocycles. The molecule has 0 radical (unpaired) electrons. The lowest BCUT2D eigenvalue weighted by molar-refractivity contribution is -0.139. The Hall–Kier alpha value is -1.82. The number of carboxylic acid groups (broad SMARTS) is 1. The van der Waals surface area contributed by atoms with Gasteiger partial charge in [-0.1, -0.05) is 42.1 Å². The molecular formula is C11H11N3O2S. The van der Waals surface area contributed by atoms with Crippen LogP contribution in [0.4, 0.5) is 0 Å². The number of rotatable bonds is 4. The van der Waals surface area contributed by atoms with Gasteiger partial charge >= 0.3 is 5.97 Å². The van der Waals surface area contributed by atoms with Crippen molar-refractivity contribution in [3.8, 4) is 0 Å².